The van der Waals surface area contributed by atoms with Crippen LogP contribution >= 0.6 is 0 Å². The maximum atomic E-state index is 11.8. The van der Waals surface area contributed by atoms with Gasteiger partial charge in [-0.15, -0.1) is 0 Å². The summed E-state index contributed by atoms with van der Waals surface area (Å²) in [6.45, 7) is 2.26. The van der Waals surface area contributed by atoms with Gasteiger partial charge in [0.1, 0.15) is 0 Å². The first-order chi connectivity index (χ1) is 11.8. The second kappa shape index (κ2) is 15.0. The van der Waals surface area contributed by atoms with Crippen molar-refractivity contribution in [3.05, 3.63) is 36.4 Å². The van der Waals surface area contributed by atoms with Crippen LogP contribution in [-0.2, 0) is 9.53 Å². The number of ether oxygens (including phenoxy) is 1. The molecule has 3 nitrogen and oxygen atoms in total. The lowest BCUT2D eigenvalue weighted by atomic mass is 10.0. The quantitative estimate of drug-likeness (QED) is 0.307. The average Bonchev–Trinajstić information content (AvgIpc) is 2.84. The number of hydrogen-bond acceptors (Lipinski definition) is 3. The lowest BCUT2D eigenvalue weighted by Crippen LogP contribution is -2.13. The second-order valence-electron chi connectivity index (χ2n) is 6.53. The van der Waals surface area contributed by atoms with E-state index in [0.29, 0.717) is 12.3 Å². The Bertz CT molecular complexity index is 410. The molecular formula is C21H35NO2. The zero-order valence-corrected chi connectivity index (χ0v) is 15.4. The molecule has 136 valence electrons. The summed E-state index contributed by atoms with van der Waals surface area (Å²) in [4.78, 5) is 11.8. The number of esters is 1. The van der Waals surface area contributed by atoms with Crippen LogP contribution in [0.4, 0.5) is 0 Å². The summed E-state index contributed by atoms with van der Waals surface area (Å²) in [6.07, 6.45) is 25.2. The fourth-order valence-electron chi connectivity index (χ4n) is 2.79. The number of carbonyl (C=O) groups is 1. The van der Waals surface area contributed by atoms with Gasteiger partial charge in [0, 0.05) is 12.6 Å². The fraction of sp³-hybridized carbons (Fsp3) is 0.667. The van der Waals surface area contributed by atoms with E-state index in [1.165, 1.54) is 64.2 Å². The Labute approximate surface area is 148 Å². The van der Waals surface area contributed by atoms with Crippen LogP contribution in [0.15, 0.2) is 36.4 Å². The van der Waals surface area contributed by atoms with E-state index in [2.05, 4.69) is 12.2 Å². The second-order valence-corrected chi connectivity index (χ2v) is 6.53. The molecule has 1 aliphatic heterocycles. The minimum Gasteiger partial charge on any atom is -0.410 e. The third-order valence-corrected chi connectivity index (χ3v) is 4.25. The topological polar surface area (TPSA) is 38.3 Å². The van der Waals surface area contributed by atoms with Gasteiger partial charge in [0.15, 0.2) is 0 Å². The first kappa shape index (κ1) is 20.5. The zero-order valence-electron chi connectivity index (χ0n) is 15.4. The van der Waals surface area contributed by atoms with E-state index in [4.69, 9.17) is 4.74 Å². The highest BCUT2D eigenvalue weighted by atomic mass is 16.5. The van der Waals surface area contributed by atoms with E-state index in [-0.39, 0.29) is 5.97 Å². The molecule has 1 rings (SSSR count). The minimum absolute atomic E-state index is 0.149. The van der Waals surface area contributed by atoms with Gasteiger partial charge in [-0.25, -0.2) is 0 Å². The van der Waals surface area contributed by atoms with Crippen molar-refractivity contribution in [2.45, 2.75) is 90.4 Å². The van der Waals surface area contributed by atoms with E-state index in [0.717, 1.165) is 12.8 Å². The monoisotopic (exact) mass is 333 g/mol. The first-order valence-electron chi connectivity index (χ1n) is 9.83. The highest BCUT2D eigenvalue weighted by molar-refractivity contribution is 5.70. The van der Waals surface area contributed by atoms with Gasteiger partial charge in [-0.3, -0.25) is 4.79 Å². The van der Waals surface area contributed by atoms with E-state index >= 15 is 0 Å². The molecular weight excluding hydrogens is 298 g/mol. The minimum atomic E-state index is -0.149. The van der Waals surface area contributed by atoms with Gasteiger partial charge in [-0.05, 0) is 18.6 Å². The van der Waals surface area contributed by atoms with Crippen molar-refractivity contribution in [1.82, 2.24) is 5.32 Å². The molecule has 1 heterocycles. The molecule has 0 amide bonds. The molecule has 0 aromatic rings. The molecule has 0 unspecified atom stereocenters. The lowest BCUT2D eigenvalue weighted by molar-refractivity contribution is -0.140. The standard InChI is InChI=1S/C21H35NO2/c1-2-3-4-5-6-7-8-9-10-11-12-15-18-21(23)24-20-17-14-13-16-19-22-20/h13-14,16-17,19,22H,2-12,15,18H2,1H3. The summed E-state index contributed by atoms with van der Waals surface area (Å²) in [7, 11) is 0. The summed E-state index contributed by atoms with van der Waals surface area (Å²) in [5.41, 5.74) is 0. The first-order valence-corrected chi connectivity index (χ1v) is 9.83. The molecule has 0 spiro atoms. The van der Waals surface area contributed by atoms with Crippen molar-refractivity contribution in [2.75, 3.05) is 0 Å². The molecule has 0 saturated heterocycles. The molecule has 1 aliphatic rings. The summed E-state index contributed by atoms with van der Waals surface area (Å²) in [5, 5.41) is 2.93. The van der Waals surface area contributed by atoms with Crippen molar-refractivity contribution < 1.29 is 9.53 Å². The number of unbranched alkanes of at least 4 members (excludes halogenated alkanes) is 11. The maximum absolute atomic E-state index is 11.8. The van der Waals surface area contributed by atoms with Crippen molar-refractivity contribution in [3.8, 4) is 0 Å². The number of carbonyl (C=O) groups excluding carboxylic acids is 1. The Morgan fingerprint density at radius 3 is 2.04 bits per heavy atom. The Kier molecular flexibility index (Phi) is 12.9. The molecule has 0 aliphatic carbocycles. The van der Waals surface area contributed by atoms with Gasteiger partial charge in [-0.2, -0.15) is 0 Å². The number of rotatable bonds is 14. The third-order valence-electron chi connectivity index (χ3n) is 4.25. The molecule has 0 aromatic carbocycles. The predicted octanol–water partition coefficient (Wildman–Crippen LogP) is 6.14. The average molecular weight is 334 g/mol. The van der Waals surface area contributed by atoms with Crippen molar-refractivity contribution >= 4 is 5.97 Å². The van der Waals surface area contributed by atoms with Crippen LogP contribution in [0.5, 0.6) is 0 Å². The van der Waals surface area contributed by atoms with Gasteiger partial charge in [-0.1, -0.05) is 89.7 Å². The fourth-order valence-corrected chi connectivity index (χ4v) is 2.79. The van der Waals surface area contributed by atoms with Crippen molar-refractivity contribution in [1.29, 1.82) is 0 Å². The van der Waals surface area contributed by atoms with Crippen molar-refractivity contribution in [3.63, 3.8) is 0 Å². The zero-order chi connectivity index (χ0) is 17.3. The number of nitrogens with one attached hydrogen (secondary N) is 1. The Balaban J connectivity index is 1.86. The third kappa shape index (κ3) is 12.0. The highest BCUT2D eigenvalue weighted by Gasteiger charge is 2.06. The summed E-state index contributed by atoms with van der Waals surface area (Å²) < 4.78 is 5.28. The Morgan fingerprint density at radius 2 is 1.42 bits per heavy atom. The lowest BCUT2D eigenvalue weighted by Gasteiger charge is -2.07. The Morgan fingerprint density at radius 1 is 0.833 bits per heavy atom. The maximum Gasteiger partial charge on any atom is 0.312 e. The van der Waals surface area contributed by atoms with Gasteiger partial charge in [0.2, 0.25) is 5.88 Å². The molecule has 0 fully saturated rings. The molecule has 0 bridgehead atoms. The van der Waals surface area contributed by atoms with Crippen LogP contribution in [0.3, 0.4) is 0 Å². The molecule has 0 aromatic heterocycles. The van der Waals surface area contributed by atoms with Crippen LogP contribution in [0.25, 0.3) is 0 Å². The normalized spacial score (nSPS) is 13.3. The van der Waals surface area contributed by atoms with Gasteiger partial charge < -0.3 is 10.1 Å². The van der Waals surface area contributed by atoms with E-state index in [9.17, 15) is 4.79 Å². The van der Waals surface area contributed by atoms with E-state index < -0.39 is 0 Å². The van der Waals surface area contributed by atoms with E-state index in [1.54, 1.807) is 12.3 Å². The number of hydrogen-bond donors (Lipinski definition) is 1. The van der Waals surface area contributed by atoms with Crippen LogP contribution in [-0.4, -0.2) is 5.97 Å². The smallest absolute Gasteiger partial charge is 0.312 e. The van der Waals surface area contributed by atoms with Gasteiger partial charge in [0.05, 0.1) is 0 Å². The van der Waals surface area contributed by atoms with E-state index in [1.807, 2.05) is 18.2 Å². The van der Waals surface area contributed by atoms with Gasteiger partial charge >= 0.3 is 5.97 Å². The summed E-state index contributed by atoms with van der Waals surface area (Å²) in [6, 6.07) is 0. The summed E-state index contributed by atoms with van der Waals surface area (Å²) in [5.74, 6) is 0.355. The predicted molar refractivity (Wildman–Crippen MR) is 101 cm³/mol. The highest BCUT2D eigenvalue weighted by Crippen LogP contribution is 2.13. The summed E-state index contributed by atoms with van der Waals surface area (Å²) >= 11 is 0. The molecule has 1 N–H and O–H groups in total. The van der Waals surface area contributed by atoms with Crippen LogP contribution in [0, 0.1) is 0 Å². The van der Waals surface area contributed by atoms with Crippen LogP contribution in [0.1, 0.15) is 90.4 Å². The van der Waals surface area contributed by atoms with Crippen molar-refractivity contribution in [2.24, 2.45) is 0 Å². The van der Waals surface area contributed by atoms with Gasteiger partial charge in [0.25, 0.3) is 0 Å². The largest absolute Gasteiger partial charge is 0.410 e. The molecule has 0 atom stereocenters. The Hall–Kier alpha value is -1.51. The molecule has 0 radical (unpaired) electrons. The van der Waals surface area contributed by atoms with Crippen LogP contribution in [0.2, 0.25) is 0 Å². The molecule has 3 heteroatoms. The number of allylic oxidation sites excluding steroid dienone is 4. The SMILES string of the molecule is CCCCCCCCCCCCCCC(=O)OC1=CC=CC=CN1. The van der Waals surface area contributed by atoms with Crippen LogP contribution < -0.4 is 5.32 Å². The molecule has 24 heavy (non-hydrogen) atoms. The molecule has 0 saturated carbocycles.